The Bertz CT molecular complexity index is 440. The zero-order valence-corrected chi connectivity index (χ0v) is 11.6. The maximum atomic E-state index is 11.1. The number of methoxy groups -OCH3 is 1. The monoisotopic (exact) mass is 379 g/mol. The van der Waals surface area contributed by atoms with Gasteiger partial charge in [-0.25, -0.2) is 0 Å². The lowest BCUT2D eigenvalue weighted by Crippen LogP contribution is -2.06. The van der Waals surface area contributed by atoms with E-state index in [1.165, 1.54) is 7.11 Å². The van der Waals surface area contributed by atoms with Crippen molar-refractivity contribution < 1.29 is 9.53 Å². The molecular weight excluding hydrogens is 373 g/mol. The van der Waals surface area contributed by atoms with E-state index in [4.69, 9.17) is 5.26 Å². The van der Waals surface area contributed by atoms with E-state index in [0.29, 0.717) is 11.1 Å². The van der Waals surface area contributed by atoms with Crippen LogP contribution in [0.15, 0.2) is 16.6 Å². The fourth-order valence-electron chi connectivity index (χ4n) is 1.07. The van der Waals surface area contributed by atoms with Crippen molar-refractivity contribution in [1.82, 2.24) is 0 Å². The van der Waals surface area contributed by atoms with Crippen molar-refractivity contribution in [2.45, 2.75) is 6.42 Å². The van der Waals surface area contributed by atoms with E-state index in [1.807, 2.05) is 0 Å². The molecule has 0 spiro atoms. The largest absolute Gasteiger partial charge is 0.469 e. The quantitative estimate of drug-likeness (QED) is 0.586. The first-order valence-electron chi connectivity index (χ1n) is 4.03. The summed E-state index contributed by atoms with van der Waals surface area (Å²) >= 11 is 5.46. The van der Waals surface area contributed by atoms with Crippen LogP contribution in [0.2, 0.25) is 0 Å². The number of esters is 1. The number of halogens is 2. The minimum atomic E-state index is -0.343. The summed E-state index contributed by atoms with van der Waals surface area (Å²) < 4.78 is 6.38. The molecule has 0 aliphatic rings. The third-order valence-electron chi connectivity index (χ3n) is 1.83. The molecule has 0 N–H and O–H groups in total. The van der Waals surface area contributed by atoms with Gasteiger partial charge < -0.3 is 4.74 Å². The van der Waals surface area contributed by atoms with Gasteiger partial charge in [0.05, 0.1) is 25.2 Å². The summed E-state index contributed by atoms with van der Waals surface area (Å²) in [6.45, 7) is 0. The molecule has 3 nitrogen and oxygen atoms in total. The number of rotatable bonds is 2. The van der Waals surface area contributed by atoms with Crippen LogP contribution >= 0.6 is 38.5 Å². The van der Waals surface area contributed by atoms with E-state index in [0.717, 1.165) is 8.04 Å². The molecule has 78 valence electrons. The minimum Gasteiger partial charge on any atom is -0.469 e. The highest BCUT2D eigenvalue weighted by molar-refractivity contribution is 14.1. The van der Waals surface area contributed by atoms with Gasteiger partial charge in [-0.3, -0.25) is 4.79 Å². The number of hydrogen-bond donors (Lipinski definition) is 0. The Kier molecular flexibility index (Phi) is 4.54. The number of benzene rings is 1. The maximum absolute atomic E-state index is 11.1. The number of ether oxygens (including phenoxy) is 1. The molecule has 1 aromatic rings. The summed E-state index contributed by atoms with van der Waals surface area (Å²) in [4.78, 5) is 11.1. The second-order valence-electron chi connectivity index (χ2n) is 2.79. The average molecular weight is 380 g/mol. The Hall–Kier alpha value is -0.610. The van der Waals surface area contributed by atoms with E-state index in [9.17, 15) is 4.79 Å². The maximum Gasteiger partial charge on any atom is 0.310 e. The first-order valence-corrected chi connectivity index (χ1v) is 5.90. The van der Waals surface area contributed by atoms with Crippen molar-refractivity contribution in [3.63, 3.8) is 0 Å². The van der Waals surface area contributed by atoms with Crippen molar-refractivity contribution in [2.24, 2.45) is 0 Å². The summed E-state index contributed by atoms with van der Waals surface area (Å²) in [5, 5.41) is 8.89. The third kappa shape index (κ3) is 3.18. The molecule has 5 heteroatoms. The molecule has 0 fully saturated rings. The Labute approximate surface area is 110 Å². The number of carbonyl (C=O) groups is 1. The van der Waals surface area contributed by atoms with Crippen LogP contribution in [-0.2, 0) is 16.0 Å². The molecule has 0 heterocycles. The number of nitriles is 1. The van der Waals surface area contributed by atoms with Gasteiger partial charge in [-0.05, 0) is 56.2 Å². The molecule has 0 bridgehead atoms. The van der Waals surface area contributed by atoms with Gasteiger partial charge in [-0.1, -0.05) is 0 Å². The smallest absolute Gasteiger partial charge is 0.310 e. The predicted octanol–water partition coefficient (Wildman–Crippen LogP) is 2.64. The van der Waals surface area contributed by atoms with Gasteiger partial charge in [0.2, 0.25) is 0 Å². The number of nitrogens with zero attached hydrogens (tertiary/aromatic N) is 1. The highest BCUT2D eigenvalue weighted by atomic mass is 127. The van der Waals surface area contributed by atoms with E-state index in [-0.39, 0.29) is 12.4 Å². The standard InChI is InChI=1S/C10H7BrINO2/c1-15-10(14)4-6-3-9(12)8(11)2-7(6)5-13/h2-3H,4H2,1H3. The molecule has 0 unspecified atom stereocenters. The van der Waals surface area contributed by atoms with Gasteiger partial charge in [0, 0.05) is 8.04 Å². The zero-order chi connectivity index (χ0) is 11.4. The van der Waals surface area contributed by atoms with Crippen LogP contribution in [0.1, 0.15) is 11.1 Å². The predicted molar refractivity (Wildman–Crippen MR) is 67.3 cm³/mol. The number of carbonyl (C=O) groups excluding carboxylic acids is 1. The van der Waals surface area contributed by atoms with E-state index < -0.39 is 0 Å². The molecule has 0 saturated heterocycles. The second kappa shape index (κ2) is 5.47. The van der Waals surface area contributed by atoms with Crippen molar-refractivity contribution in [1.29, 1.82) is 5.26 Å². The van der Waals surface area contributed by atoms with Gasteiger partial charge >= 0.3 is 5.97 Å². The molecule has 0 radical (unpaired) electrons. The molecule has 0 atom stereocenters. The first-order chi connectivity index (χ1) is 7.08. The second-order valence-corrected chi connectivity index (χ2v) is 4.80. The Morgan fingerprint density at radius 3 is 2.87 bits per heavy atom. The molecule has 0 saturated carbocycles. The topological polar surface area (TPSA) is 50.1 Å². The lowest BCUT2D eigenvalue weighted by molar-refractivity contribution is -0.139. The fraction of sp³-hybridized carbons (Fsp3) is 0.200. The molecule has 0 aliphatic heterocycles. The van der Waals surface area contributed by atoms with E-state index >= 15 is 0 Å². The SMILES string of the molecule is COC(=O)Cc1cc(I)c(Br)cc1C#N. The van der Waals surface area contributed by atoms with Crippen LogP contribution in [0.3, 0.4) is 0 Å². The van der Waals surface area contributed by atoms with Gasteiger partial charge in [0.25, 0.3) is 0 Å². The summed E-state index contributed by atoms with van der Waals surface area (Å²) in [7, 11) is 1.33. The summed E-state index contributed by atoms with van der Waals surface area (Å²) in [5.41, 5.74) is 1.18. The summed E-state index contributed by atoms with van der Waals surface area (Å²) in [5.74, 6) is -0.343. The zero-order valence-electron chi connectivity index (χ0n) is 7.88. The number of hydrogen-bond acceptors (Lipinski definition) is 3. The van der Waals surface area contributed by atoms with E-state index in [1.54, 1.807) is 12.1 Å². The summed E-state index contributed by atoms with van der Waals surface area (Å²) in [6.07, 6.45) is 0.128. The van der Waals surface area contributed by atoms with Crippen LogP contribution < -0.4 is 0 Å². The van der Waals surface area contributed by atoms with Crippen LogP contribution in [0.5, 0.6) is 0 Å². The van der Waals surface area contributed by atoms with Crippen LogP contribution in [-0.4, -0.2) is 13.1 Å². The van der Waals surface area contributed by atoms with Crippen LogP contribution in [0.4, 0.5) is 0 Å². The Balaban J connectivity index is 3.12. The highest BCUT2D eigenvalue weighted by Gasteiger charge is 2.10. The van der Waals surface area contributed by atoms with Crippen molar-refractivity contribution in [3.8, 4) is 6.07 Å². The minimum absolute atomic E-state index is 0.128. The fourth-order valence-corrected chi connectivity index (χ4v) is 1.94. The van der Waals surface area contributed by atoms with Crippen molar-refractivity contribution >= 4 is 44.5 Å². The molecule has 1 rings (SSSR count). The molecule has 0 aliphatic carbocycles. The highest BCUT2D eigenvalue weighted by Crippen LogP contribution is 2.23. The van der Waals surface area contributed by atoms with Gasteiger partial charge in [0.1, 0.15) is 0 Å². The normalized spacial score (nSPS) is 9.47. The average Bonchev–Trinajstić information content (AvgIpc) is 2.22. The van der Waals surface area contributed by atoms with Crippen molar-refractivity contribution in [2.75, 3.05) is 7.11 Å². The molecule has 15 heavy (non-hydrogen) atoms. The summed E-state index contributed by atoms with van der Waals surface area (Å²) in [6, 6.07) is 5.57. The van der Waals surface area contributed by atoms with Gasteiger partial charge in [-0.2, -0.15) is 5.26 Å². The van der Waals surface area contributed by atoms with Crippen LogP contribution in [0.25, 0.3) is 0 Å². The lowest BCUT2D eigenvalue weighted by atomic mass is 10.1. The molecule has 0 aromatic heterocycles. The van der Waals surface area contributed by atoms with Gasteiger partial charge in [0.15, 0.2) is 0 Å². The lowest BCUT2D eigenvalue weighted by Gasteiger charge is -2.05. The van der Waals surface area contributed by atoms with E-state index in [2.05, 4.69) is 49.3 Å². The Morgan fingerprint density at radius 2 is 2.33 bits per heavy atom. The first kappa shape index (κ1) is 12.5. The molecule has 1 aromatic carbocycles. The third-order valence-corrected chi connectivity index (χ3v) is 4.12. The Morgan fingerprint density at radius 1 is 1.67 bits per heavy atom. The molecule has 0 amide bonds. The molecular formula is C10H7BrINO2. The van der Waals surface area contributed by atoms with Gasteiger partial charge in [-0.15, -0.1) is 0 Å². The van der Waals surface area contributed by atoms with Crippen LogP contribution in [0, 0.1) is 14.9 Å². The van der Waals surface area contributed by atoms with Crippen molar-refractivity contribution in [3.05, 3.63) is 31.3 Å².